The zero-order valence-corrected chi connectivity index (χ0v) is 19.3. The highest BCUT2D eigenvalue weighted by molar-refractivity contribution is 5.83. The number of likely N-dealkylation sites (tertiary alicyclic amines) is 1. The van der Waals surface area contributed by atoms with Gasteiger partial charge in [-0.05, 0) is 55.9 Å². The molecule has 1 aromatic carbocycles. The van der Waals surface area contributed by atoms with Crippen molar-refractivity contribution in [1.29, 1.82) is 0 Å². The number of hydrogen-bond acceptors (Lipinski definition) is 5. The van der Waals surface area contributed by atoms with Gasteiger partial charge in [0.05, 0.1) is 0 Å². The van der Waals surface area contributed by atoms with Crippen LogP contribution < -0.4 is 9.64 Å². The third-order valence-electron chi connectivity index (χ3n) is 7.55. The number of carbonyl (C=O) groups excluding carboxylic acids is 2. The number of ether oxygens (including phenoxy) is 1. The minimum absolute atomic E-state index is 0.0274. The van der Waals surface area contributed by atoms with Gasteiger partial charge in [0.25, 0.3) is 5.91 Å². The lowest BCUT2D eigenvalue weighted by Gasteiger charge is -2.37. The topological polar surface area (TPSA) is 66.0 Å². The molecule has 2 amide bonds. The summed E-state index contributed by atoms with van der Waals surface area (Å²) in [6, 6.07) is 13.7. The molecule has 2 aliphatic heterocycles. The summed E-state index contributed by atoms with van der Waals surface area (Å²) in [6.07, 6.45) is 4.60. The number of carbonyl (C=O) groups is 2. The Morgan fingerprint density at radius 3 is 2.36 bits per heavy atom. The first kappa shape index (κ1) is 21.7. The molecule has 5 rings (SSSR count). The average molecular weight is 449 g/mol. The Bertz CT molecular complexity index is 978. The Morgan fingerprint density at radius 2 is 1.70 bits per heavy atom. The van der Waals surface area contributed by atoms with E-state index >= 15 is 0 Å². The van der Waals surface area contributed by atoms with Gasteiger partial charge >= 0.3 is 0 Å². The summed E-state index contributed by atoms with van der Waals surface area (Å²) < 4.78 is 5.66. The van der Waals surface area contributed by atoms with E-state index in [9.17, 15) is 9.59 Å². The van der Waals surface area contributed by atoms with Gasteiger partial charge in [0, 0.05) is 51.4 Å². The van der Waals surface area contributed by atoms with E-state index in [4.69, 9.17) is 4.74 Å². The summed E-state index contributed by atoms with van der Waals surface area (Å²) >= 11 is 0. The van der Waals surface area contributed by atoms with Crippen molar-refractivity contribution >= 4 is 17.6 Å². The van der Waals surface area contributed by atoms with Crippen molar-refractivity contribution in [3.8, 4) is 5.75 Å². The van der Waals surface area contributed by atoms with Gasteiger partial charge < -0.3 is 19.4 Å². The molecule has 33 heavy (non-hydrogen) atoms. The van der Waals surface area contributed by atoms with Crippen LogP contribution in [0.3, 0.4) is 0 Å². The van der Waals surface area contributed by atoms with Crippen LogP contribution in [0.25, 0.3) is 0 Å². The second-order valence-corrected chi connectivity index (χ2v) is 9.60. The minimum atomic E-state index is 0.0274. The second-order valence-electron chi connectivity index (χ2n) is 9.60. The maximum Gasteiger partial charge on any atom is 0.260 e. The Morgan fingerprint density at radius 1 is 0.970 bits per heavy atom. The maximum absolute atomic E-state index is 13.2. The van der Waals surface area contributed by atoms with Crippen LogP contribution >= 0.6 is 0 Å². The third-order valence-corrected chi connectivity index (χ3v) is 7.55. The van der Waals surface area contributed by atoms with Crippen molar-refractivity contribution in [2.45, 2.75) is 26.2 Å². The lowest BCUT2D eigenvalue weighted by molar-refractivity contribution is -0.136. The largest absolute Gasteiger partial charge is 0.484 e. The Hall–Kier alpha value is -3.09. The molecule has 3 aliphatic rings. The maximum atomic E-state index is 13.2. The number of piperidine rings is 1. The molecule has 1 aliphatic carbocycles. The molecule has 3 heterocycles. The molecule has 1 atom stereocenters. The summed E-state index contributed by atoms with van der Waals surface area (Å²) in [5.74, 6) is 2.16. The number of piperazine rings is 1. The van der Waals surface area contributed by atoms with E-state index in [1.807, 2.05) is 65.4 Å². The monoisotopic (exact) mass is 448 g/mol. The predicted octanol–water partition coefficient (Wildman–Crippen LogP) is 2.75. The molecule has 2 saturated heterocycles. The molecule has 1 spiro atoms. The third kappa shape index (κ3) is 4.68. The van der Waals surface area contributed by atoms with Crippen molar-refractivity contribution in [3.63, 3.8) is 0 Å². The number of aryl methyl sites for hydroxylation is 1. The first-order valence-corrected chi connectivity index (χ1v) is 12.0. The van der Waals surface area contributed by atoms with Crippen LogP contribution in [0.2, 0.25) is 0 Å². The number of amides is 2. The summed E-state index contributed by atoms with van der Waals surface area (Å²) in [7, 11) is 0. The second kappa shape index (κ2) is 9.04. The standard InChI is InChI=1S/C26H32N4O3/c1-20-5-7-21(8-6-20)33-19-24(31)29-12-9-26(10-13-29)18-22(26)25(32)30-16-14-28(15-17-30)23-4-2-3-11-27-23/h2-8,11,22H,9-10,12-19H2,1H3/t22-/m1/s1. The lowest BCUT2D eigenvalue weighted by Crippen LogP contribution is -2.50. The Kier molecular flexibility index (Phi) is 5.96. The summed E-state index contributed by atoms with van der Waals surface area (Å²) in [6.45, 7) is 6.68. The van der Waals surface area contributed by atoms with Crippen LogP contribution in [0.4, 0.5) is 5.82 Å². The summed E-state index contributed by atoms with van der Waals surface area (Å²) in [4.78, 5) is 36.4. The molecule has 0 unspecified atom stereocenters. The van der Waals surface area contributed by atoms with E-state index < -0.39 is 0 Å². The number of aromatic nitrogens is 1. The molecule has 3 fully saturated rings. The van der Waals surface area contributed by atoms with Crippen molar-refractivity contribution in [2.75, 3.05) is 50.8 Å². The van der Waals surface area contributed by atoms with Gasteiger partial charge in [0.15, 0.2) is 6.61 Å². The highest BCUT2D eigenvalue weighted by Crippen LogP contribution is 2.60. The molecule has 1 aromatic heterocycles. The summed E-state index contributed by atoms with van der Waals surface area (Å²) in [5, 5.41) is 0. The lowest BCUT2D eigenvalue weighted by atomic mass is 9.90. The minimum Gasteiger partial charge on any atom is -0.484 e. The van der Waals surface area contributed by atoms with E-state index in [0.29, 0.717) is 19.0 Å². The predicted molar refractivity (Wildman–Crippen MR) is 126 cm³/mol. The smallest absolute Gasteiger partial charge is 0.260 e. The van der Waals surface area contributed by atoms with Gasteiger partial charge in [-0.2, -0.15) is 0 Å². The SMILES string of the molecule is Cc1ccc(OCC(=O)N2CCC3(CC2)C[C@@H]3C(=O)N2CCN(c3ccccn3)CC2)cc1. The van der Waals surface area contributed by atoms with Crippen LogP contribution in [0.1, 0.15) is 24.8 Å². The highest BCUT2D eigenvalue weighted by Gasteiger charge is 2.59. The van der Waals surface area contributed by atoms with E-state index in [-0.39, 0.29) is 23.8 Å². The van der Waals surface area contributed by atoms with E-state index in [1.165, 1.54) is 5.56 Å². The Balaban J connectivity index is 1.07. The van der Waals surface area contributed by atoms with Crippen molar-refractivity contribution in [3.05, 3.63) is 54.2 Å². The van der Waals surface area contributed by atoms with Crippen LogP contribution in [0, 0.1) is 18.3 Å². The van der Waals surface area contributed by atoms with Gasteiger partial charge in [0.1, 0.15) is 11.6 Å². The fourth-order valence-electron chi connectivity index (χ4n) is 5.24. The number of pyridine rings is 1. The molecular formula is C26H32N4O3. The molecule has 174 valence electrons. The number of rotatable bonds is 5. The molecule has 7 heteroatoms. The molecule has 0 bridgehead atoms. The number of anilines is 1. The zero-order chi connectivity index (χ0) is 22.8. The van der Waals surface area contributed by atoms with Crippen molar-refractivity contribution < 1.29 is 14.3 Å². The van der Waals surface area contributed by atoms with Gasteiger partial charge in [0.2, 0.25) is 5.91 Å². The Labute approximate surface area is 195 Å². The van der Waals surface area contributed by atoms with E-state index in [2.05, 4.69) is 9.88 Å². The quantitative estimate of drug-likeness (QED) is 0.704. The van der Waals surface area contributed by atoms with Gasteiger partial charge in [-0.25, -0.2) is 4.98 Å². The molecule has 7 nitrogen and oxygen atoms in total. The summed E-state index contributed by atoms with van der Waals surface area (Å²) in [5.41, 5.74) is 1.27. The van der Waals surface area contributed by atoms with Gasteiger partial charge in [-0.15, -0.1) is 0 Å². The van der Waals surface area contributed by atoms with Crippen LogP contribution in [-0.4, -0.2) is 72.5 Å². The van der Waals surface area contributed by atoms with Gasteiger partial charge in [-0.1, -0.05) is 23.8 Å². The number of nitrogens with zero attached hydrogens (tertiary/aromatic N) is 4. The highest BCUT2D eigenvalue weighted by atomic mass is 16.5. The van der Waals surface area contributed by atoms with Crippen molar-refractivity contribution in [2.24, 2.45) is 11.3 Å². The molecular weight excluding hydrogens is 416 g/mol. The fourth-order valence-corrected chi connectivity index (χ4v) is 5.24. The van der Waals surface area contributed by atoms with Crippen molar-refractivity contribution in [1.82, 2.24) is 14.8 Å². The molecule has 2 aromatic rings. The first-order chi connectivity index (χ1) is 16.0. The van der Waals surface area contributed by atoms with E-state index in [0.717, 1.165) is 57.0 Å². The normalized spacial score (nSPS) is 21.7. The number of hydrogen-bond donors (Lipinski definition) is 0. The zero-order valence-electron chi connectivity index (χ0n) is 19.3. The molecule has 1 saturated carbocycles. The molecule has 0 radical (unpaired) electrons. The van der Waals surface area contributed by atoms with Gasteiger partial charge in [-0.3, -0.25) is 9.59 Å². The fraction of sp³-hybridized carbons (Fsp3) is 0.500. The van der Waals surface area contributed by atoms with E-state index in [1.54, 1.807) is 0 Å². The first-order valence-electron chi connectivity index (χ1n) is 12.0. The number of benzene rings is 1. The van der Waals surface area contributed by atoms with Crippen LogP contribution in [0.15, 0.2) is 48.7 Å². The average Bonchev–Trinajstić information content (AvgIpc) is 3.57. The van der Waals surface area contributed by atoms with Crippen LogP contribution in [-0.2, 0) is 9.59 Å². The molecule has 0 N–H and O–H groups in total. The van der Waals surface area contributed by atoms with Crippen LogP contribution in [0.5, 0.6) is 5.75 Å².